The highest BCUT2D eigenvalue weighted by Crippen LogP contribution is 2.24. The van der Waals surface area contributed by atoms with Gasteiger partial charge in [0.05, 0.1) is 6.54 Å². The number of allylic oxidation sites excluding steroid dienone is 2. The van der Waals surface area contributed by atoms with Crippen molar-refractivity contribution in [2.45, 2.75) is 45.7 Å². The molecule has 1 unspecified atom stereocenters. The van der Waals surface area contributed by atoms with Gasteiger partial charge in [0.1, 0.15) is 0 Å². The van der Waals surface area contributed by atoms with E-state index in [2.05, 4.69) is 22.3 Å². The van der Waals surface area contributed by atoms with Crippen molar-refractivity contribution in [3.05, 3.63) is 47.3 Å². The molecule has 132 valence electrons. The zero-order valence-electron chi connectivity index (χ0n) is 14.5. The molecule has 0 saturated heterocycles. The van der Waals surface area contributed by atoms with Crippen LogP contribution in [0.2, 0.25) is 5.02 Å². The predicted octanol–water partition coefficient (Wildman–Crippen LogP) is 4.48. The van der Waals surface area contributed by atoms with Crippen molar-refractivity contribution in [1.29, 1.82) is 0 Å². The van der Waals surface area contributed by atoms with Crippen LogP contribution in [0.25, 0.3) is 11.5 Å². The Kier molecular flexibility index (Phi) is 5.53. The van der Waals surface area contributed by atoms with Gasteiger partial charge in [-0.1, -0.05) is 23.8 Å². The first-order valence-corrected chi connectivity index (χ1v) is 8.96. The first-order chi connectivity index (χ1) is 12.0. The number of rotatable bonds is 5. The number of hydrogen-bond donors (Lipinski definition) is 0. The normalized spacial score (nSPS) is 17.0. The number of amides is 1. The molecule has 1 aliphatic carbocycles. The zero-order valence-corrected chi connectivity index (χ0v) is 15.2. The zero-order chi connectivity index (χ0) is 17.8. The summed E-state index contributed by atoms with van der Waals surface area (Å²) in [6.45, 7) is 4.34. The molecule has 1 atom stereocenters. The van der Waals surface area contributed by atoms with E-state index < -0.39 is 0 Å². The summed E-state index contributed by atoms with van der Waals surface area (Å²) in [7, 11) is 0. The maximum Gasteiger partial charge on any atom is 0.247 e. The van der Waals surface area contributed by atoms with Crippen LogP contribution in [0.15, 0.2) is 40.8 Å². The minimum atomic E-state index is 0.0473. The van der Waals surface area contributed by atoms with Gasteiger partial charge in [0.2, 0.25) is 17.7 Å². The van der Waals surface area contributed by atoms with Crippen LogP contribution in [0.5, 0.6) is 0 Å². The van der Waals surface area contributed by atoms with Gasteiger partial charge in [0.15, 0.2) is 0 Å². The number of halogens is 1. The van der Waals surface area contributed by atoms with Crippen LogP contribution in [0.3, 0.4) is 0 Å². The van der Waals surface area contributed by atoms with E-state index >= 15 is 0 Å². The van der Waals surface area contributed by atoms with E-state index in [1.807, 2.05) is 30.9 Å². The van der Waals surface area contributed by atoms with Gasteiger partial charge in [-0.3, -0.25) is 4.79 Å². The molecule has 0 radical (unpaired) electrons. The van der Waals surface area contributed by atoms with Gasteiger partial charge < -0.3 is 9.32 Å². The maximum absolute atomic E-state index is 12.8. The fourth-order valence-corrected chi connectivity index (χ4v) is 3.07. The third kappa shape index (κ3) is 4.28. The minimum absolute atomic E-state index is 0.0473. The molecule has 1 amide bonds. The van der Waals surface area contributed by atoms with Gasteiger partial charge in [-0.05, 0) is 57.4 Å². The molecule has 1 aromatic heterocycles. The highest BCUT2D eigenvalue weighted by atomic mass is 35.5. The van der Waals surface area contributed by atoms with E-state index in [-0.39, 0.29) is 17.9 Å². The number of benzene rings is 1. The van der Waals surface area contributed by atoms with Gasteiger partial charge in [-0.2, -0.15) is 0 Å². The highest BCUT2D eigenvalue weighted by Gasteiger charge is 2.27. The van der Waals surface area contributed by atoms with Gasteiger partial charge in [-0.15, -0.1) is 10.2 Å². The highest BCUT2D eigenvalue weighted by molar-refractivity contribution is 6.30. The monoisotopic (exact) mass is 359 g/mol. The Hall–Kier alpha value is -2.14. The molecule has 0 fully saturated rings. The molecular formula is C19H22ClN3O2. The van der Waals surface area contributed by atoms with Crippen molar-refractivity contribution in [2.24, 2.45) is 5.92 Å². The van der Waals surface area contributed by atoms with E-state index in [0.29, 0.717) is 23.3 Å². The quantitative estimate of drug-likeness (QED) is 0.738. The van der Waals surface area contributed by atoms with Gasteiger partial charge >= 0.3 is 0 Å². The minimum Gasteiger partial charge on any atom is -0.419 e. The number of carbonyl (C=O) groups is 1. The molecular weight excluding hydrogens is 338 g/mol. The lowest BCUT2D eigenvalue weighted by atomic mass is 9.92. The summed E-state index contributed by atoms with van der Waals surface area (Å²) in [5.74, 6) is 1.08. The average Bonchev–Trinajstić information content (AvgIpc) is 3.09. The number of hydrogen-bond acceptors (Lipinski definition) is 4. The topological polar surface area (TPSA) is 59.2 Å². The van der Waals surface area contributed by atoms with Gasteiger partial charge in [0, 0.05) is 22.5 Å². The maximum atomic E-state index is 12.8. The van der Waals surface area contributed by atoms with Crippen molar-refractivity contribution in [1.82, 2.24) is 15.1 Å². The van der Waals surface area contributed by atoms with Crippen molar-refractivity contribution >= 4 is 17.5 Å². The smallest absolute Gasteiger partial charge is 0.247 e. The van der Waals surface area contributed by atoms with Crippen LogP contribution in [-0.4, -0.2) is 27.0 Å². The second-order valence-corrected chi connectivity index (χ2v) is 6.99. The fourth-order valence-electron chi connectivity index (χ4n) is 2.94. The Morgan fingerprint density at radius 1 is 1.28 bits per heavy atom. The SMILES string of the molecule is CC(C)N(Cc1nnc(-c2ccc(Cl)cc2)o1)C(=O)C1CC=CCC1. The second kappa shape index (κ2) is 7.83. The lowest BCUT2D eigenvalue weighted by Gasteiger charge is -2.30. The number of nitrogens with zero attached hydrogens (tertiary/aromatic N) is 3. The Bertz CT molecular complexity index is 752. The Balaban J connectivity index is 1.73. The first kappa shape index (κ1) is 17.7. The molecule has 1 heterocycles. The van der Waals surface area contributed by atoms with E-state index in [1.165, 1.54) is 0 Å². The van der Waals surface area contributed by atoms with E-state index in [0.717, 1.165) is 24.8 Å². The first-order valence-electron chi connectivity index (χ1n) is 8.58. The summed E-state index contributed by atoms with van der Waals surface area (Å²) >= 11 is 5.90. The lowest BCUT2D eigenvalue weighted by Crippen LogP contribution is -2.40. The van der Waals surface area contributed by atoms with Crippen molar-refractivity contribution in [2.75, 3.05) is 0 Å². The molecule has 0 bridgehead atoms. The molecule has 0 N–H and O–H groups in total. The molecule has 2 aromatic rings. The van der Waals surface area contributed by atoms with Crippen molar-refractivity contribution in [3.8, 4) is 11.5 Å². The summed E-state index contributed by atoms with van der Waals surface area (Å²) in [4.78, 5) is 14.7. The molecule has 5 nitrogen and oxygen atoms in total. The third-order valence-corrected chi connectivity index (χ3v) is 4.64. The third-order valence-electron chi connectivity index (χ3n) is 4.39. The summed E-state index contributed by atoms with van der Waals surface area (Å²) in [5, 5.41) is 8.85. The van der Waals surface area contributed by atoms with E-state index in [9.17, 15) is 4.79 Å². The summed E-state index contributed by atoms with van der Waals surface area (Å²) in [6.07, 6.45) is 6.90. The predicted molar refractivity (Wildman–Crippen MR) is 96.9 cm³/mol. The number of aromatic nitrogens is 2. The van der Waals surface area contributed by atoms with Crippen LogP contribution in [0, 0.1) is 5.92 Å². The molecule has 6 heteroatoms. The van der Waals surface area contributed by atoms with Crippen molar-refractivity contribution in [3.63, 3.8) is 0 Å². The van der Waals surface area contributed by atoms with Gasteiger partial charge in [-0.25, -0.2) is 0 Å². The van der Waals surface area contributed by atoms with Crippen LogP contribution >= 0.6 is 11.6 Å². The Morgan fingerprint density at radius 2 is 2.04 bits per heavy atom. The van der Waals surface area contributed by atoms with Crippen molar-refractivity contribution < 1.29 is 9.21 Å². The molecule has 1 aliphatic rings. The average molecular weight is 360 g/mol. The Morgan fingerprint density at radius 3 is 2.68 bits per heavy atom. The van der Waals surface area contributed by atoms with Crippen LogP contribution < -0.4 is 0 Å². The van der Waals surface area contributed by atoms with Crippen LogP contribution in [-0.2, 0) is 11.3 Å². The molecule has 1 aromatic carbocycles. The summed E-state index contributed by atoms with van der Waals surface area (Å²) in [6, 6.07) is 7.30. The van der Waals surface area contributed by atoms with Crippen LogP contribution in [0.1, 0.15) is 39.0 Å². The summed E-state index contributed by atoms with van der Waals surface area (Å²) < 4.78 is 5.75. The molecule has 25 heavy (non-hydrogen) atoms. The molecule has 3 rings (SSSR count). The molecule has 0 saturated carbocycles. The second-order valence-electron chi connectivity index (χ2n) is 6.55. The summed E-state index contributed by atoms with van der Waals surface area (Å²) in [5.41, 5.74) is 0.808. The largest absolute Gasteiger partial charge is 0.419 e. The number of carbonyl (C=O) groups excluding carboxylic acids is 1. The lowest BCUT2D eigenvalue weighted by molar-refractivity contribution is -0.138. The fraction of sp³-hybridized carbons (Fsp3) is 0.421. The Labute approximate surface area is 152 Å². The van der Waals surface area contributed by atoms with Gasteiger partial charge in [0.25, 0.3) is 0 Å². The standard InChI is InChI=1S/C19H22ClN3O2/c1-13(2)23(19(24)15-6-4-3-5-7-15)12-17-21-22-18(25-17)14-8-10-16(20)11-9-14/h3-4,8-11,13,15H,5-7,12H2,1-2H3. The molecule has 0 aliphatic heterocycles. The van der Waals surface area contributed by atoms with E-state index in [4.69, 9.17) is 16.0 Å². The van der Waals surface area contributed by atoms with Crippen LogP contribution in [0.4, 0.5) is 0 Å². The van der Waals surface area contributed by atoms with E-state index in [1.54, 1.807) is 12.1 Å². The molecule has 0 spiro atoms.